The molecule has 0 spiro atoms. The number of hydrogen-bond donors (Lipinski definition) is 0. The van der Waals surface area contributed by atoms with E-state index in [9.17, 15) is 0 Å². The Morgan fingerprint density at radius 2 is 0.239 bits per heavy atom. The van der Waals surface area contributed by atoms with Gasteiger partial charge < -0.3 is 28.0 Å². The third-order valence-electron chi connectivity index (χ3n) is 26.1. The van der Waals surface area contributed by atoms with Gasteiger partial charge in [0.25, 0.3) is 0 Å². The van der Waals surface area contributed by atoms with E-state index in [1.807, 2.05) is 30.3 Å². The van der Waals surface area contributed by atoms with Crippen LogP contribution in [-0.2, 0) is 0 Å². The van der Waals surface area contributed by atoms with Crippen LogP contribution in [0.15, 0.2) is 565 Å². The molecule has 6 nitrogen and oxygen atoms in total. The van der Waals surface area contributed by atoms with E-state index in [1.54, 1.807) is 0 Å². The van der Waals surface area contributed by atoms with Crippen molar-refractivity contribution < 1.29 is 13.3 Å². The number of para-hydroxylation sites is 3. The van der Waals surface area contributed by atoms with Gasteiger partial charge in [0.2, 0.25) is 0 Å². The maximum atomic E-state index is 6.39. The van der Waals surface area contributed by atoms with E-state index in [-0.39, 0.29) is 0 Å². The number of nitrogens with zero attached hydrogens (tertiary/aromatic N) is 3. The minimum absolute atomic E-state index is 0.899. The summed E-state index contributed by atoms with van der Waals surface area (Å²) in [5, 5.41) is 6.86. The Morgan fingerprint density at radius 1 is 0.0942 bits per heavy atom. The second kappa shape index (κ2) is 38.1. The first-order chi connectivity index (χ1) is 68.4. The Morgan fingerprint density at radius 3 is 0.486 bits per heavy atom. The SMILES string of the molecule is c1ccc(-c2ccc(N(c3ccc(-c4ccccc4)cc3)c3ccc(-c4ccc5c(c4)oc4ccccc45)cc3)cc2)cc1.c1ccc(-c2ccc(N(c3ccc(-c4ccccc4)cc3)c3ccc(-c4cccc(-c5ccc6c(c5)oc5ccccc56)c4)cc3)cc2)cc1.c1ccc(-c2ccc(N(c3ccccc3)c3ccc(-c4ccc5c(c4)oc4cc(-c6ccccc6)ccc45)cc3)cc2)cc1. The number of furan rings is 3. The van der Waals surface area contributed by atoms with E-state index in [2.05, 4.69) is 536 Å². The molecule has 22 aromatic carbocycles. The first-order valence-electron chi connectivity index (χ1n) is 46.9. The van der Waals surface area contributed by atoms with Gasteiger partial charge in [0.05, 0.1) is 0 Å². The molecule has 0 aliphatic heterocycles. The zero-order valence-corrected chi connectivity index (χ0v) is 75.6. The molecule has 3 heterocycles. The van der Waals surface area contributed by atoms with E-state index in [0.717, 1.165) is 156 Å². The number of anilines is 9. The van der Waals surface area contributed by atoms with Gasteiger partial charge in [-0.3, -0.25) is 0 Å². The maximum absolute atomic E-state index is 6.39. The van der Waals surface area contributed by atoms with E-state index in [1.165, 1.54) is 72.3 Å². The van der Waals surface area contributed by atoms with Crippen molar-refractivity contribution in [3.63, 3.8) is 0 Å². The monoisotopic (exact) mass is 1770 g/mol. The van der Waals surface area contributed by atoms with E-state index in [4.69, 9.17) is 13.3 Å². The molecule has 0 saturated carbocycles. The maximum Gasteiger partial charge on any atom is 0.136 e. The van der Waals surface area contributed by atoms with Crippen molar-refractivity contribution in [3.8, 4) is 111 Å². The van der Waals surface area contributed by atoms with Crippen LogP contribution >= 0.6 is 0 Å². The van der Waals surface area contributed by atoms with Crippen molar-refractivity contribution in [2.45, 2.75) is 0 Å². The minimum atomic E-state index is 0.899. The van der Waals surface area contributed by atoms with Crippen LogP contribution in [0.4, 0.5) is 51.2 Å². The van der Waals surface area contributed by atoms with Gasteiger partial charge in [0.1, 0.15) is 33.5 Å². The van der Waals surface area contributed by atoms with Gasteiger partial charge in [-0.2, -0.15) is 0 Å². The molecule has 652 valence electrons. The molecule has 0 fully saturated rings. The van der Waals surface area contributed by atoms with Crippen LogP contribution in [0.3, 0.4) is 0 Å². The zero-order valence-electron chi connectivity index (χ0n) is 75.6. The molecule has 0 atom stereocenters. The Hall–Kier alpha value is -18.4. The van der Waals surface area contributed by atoms with Crippen LogP contribution in [-0.4, -0.2) is 0 Å². The van der Waals surface area contributed by atoms with Crippen LogP contribution in [0.2, 0.25) is 0 Å². The number of benzene rings is 22. The molecular formula is C132H91N3O3. The van der Waals surface area contributed by atoms with E-state index < -0.39 is 0 Å². The topological polar surface area (TPSA) is 49.1 Å². The van der Waals surface area contributed by atoms with Crippen molar-refractivity contribution in [2.24, 2.45) is 0 Å². The molecular weight excluding hydrogens is 1680 g/mol. The lowest BCUT2D eigenvalue weighted by atomic mass is 9.98. The highest BCUT2D eigenvalue weighted by atomic mass is 16.3. The highest BCUT2D eigenvalue weighted by molar-refractivity contribution is 6.09. The van der Waals surface area contributed by atoms with Gasteiger partial charge in [0.15, 0.2) is 0 Å². The number of hydrogen-bond acceptors (Lipinski definition) is 6. The first kappa shape index (κ1) is 83.9. The summed E-state index contributed by atoms with van der Waals surface area (Å²) in [5.74, 6) is 0. The fourth-order valence-electron chi connectivity index (χ4n) is 19.0. The summed E-state index contributed by atoms with van der Waals surface area (Å²) in [6.07, 6.45) is 0. The van der Waals surface area contributed by atoms with Gasteiger partial charge in [-0.05, 0) is 287 Å². The molecule has 0 saturated heterocycles. The molecule has 25 rings (SSSR count). The fraction of sp³-hybridized carbons (Fsp3) is 0. The standard InChI is InChI=1S/C48H33NO.2C42H29NO/c1-3-10-34(11-4-1)36-18-25-42(26-19-36)49(43-27-20-37(21-28-43)35-12-5-2-6-13-35)44-29-22-38(23-30-44)39-14-9-15-40(32-39)41-24-31-46-45-16-7-8-17-47(45)50-48(46)33-41;1-4-10-30(11-5-1)32-16-22-37(23-17-32)43(36-14-8-3-9-15-36)38-24-18-33(19-25-38)35-21-27-40-39-26-20-34(31-12-6-2-7-13-31)28-41(39)44-42(40)29-35;1-3-9-30(10-4-1)32-15-22-36(23-16-32)43(37-24-17-33(18-25-37)31-11-5-2-6-12-31)38-26-19-34(20-27-38)35-21-28-40-39-13-7-8-14-41(39)44-42(40)29-35/h1-33H;2*1-29H. The van der Waals surface area contributed by atoms with Crippen molar-refractivity contribution in [2.75, 3.05) is 14.7 Å². The summed E-state index contributed by atoms with van der Waals surface area (Å²) in [6.45, 7) is 0. The predicted octanol–water partition coefficient (Wildman–Crippen LogP) is 37.8. The molecule has 6 heteroatoms. The number of fused-ring (bicyclic) bond motifs is 9. The molecule has 25 aromatic rings. The molecule has 0 radical (unpaired) electrons. The predicted molar refractivity (Wildman–Crippen MR) is 580 cm³/mol. The van der Waals surface area contributed by atoms with Gasteiger partial charge in [-0.25, -0.2) is 0 Å². The summed E-state index contributed by atoms with van der Waals surface area (Å²) >= 11 is 0. The van der Waals surface area contributed by atoms with Crippen LogP contribution in [0.5, 0.6) is 0 Å². The second-order valence-electron chi connectivity index (χ2n) is 34.6. The summed E-state index contributed by atoms with van der Waals surface area (Å²) in [5.41, 5.74) is 39.0. The normalized spacial score (nSPS) is 11.2. The van der Waals surface area contributed by atoms with E-state index >= 15 is 0 Å². The quantitative estimate of drug-likeness (QED) is 0.0804. The zero-order chi connectivity index (χ0) is 91.9. The molecule has 138 heavy (non-hydrogen) atoms. The Balaban J connectivity index is 0.000000116. The third-order valence-corrected chi connectivity index (χ3v) is 26.1. The van der Waals surface area contributed by atoms with Crippen molar-refractivity contribution >= 4 is 117 Å². The Labute approximate surface area is 802 Å². The van der Waals surface area contributed by atoms with Crippen LogP contribution in [0.1, 0.15) is 0 Å². The summed E-state index contributed by atoms with van der Waals surface area (Å²) in [7, 11) is 0. The lowest BCUT2D eigenvalue weighted by molar-refractivity contribution is 0.668. The average Bonchev–Trinajstić information content (AvgIpc) is 1.63. The molecule has 0 bridgehead atoms. The van der Waals surface area contributed by atoms with Crippen molar-refractivity contribution in [1.82, 2.24) is 0 Å². The summed E-state index contributed by atoms with van der Waals surface area (Å²) < 4.78 is 18.7. The number of rotatable bonds is 19. The molecule has 0 aliphatic carbocycles. The van der Waals surface area contributed by atoms with Gasteiger partial charge in [-0.1, -0.05) is 376 Å². The van der Waals surface area contributed by atoms with Crippen LogP contribution in [0, 0.1) is 0 Å². The third kappa shape index (κ3) is 17.6. The lowest BCUT2D eigenvalue weighted by Gasteiger charge is -2.26. The minimum Gasteiger partial charge on any atom is -0.456 e. The molecule has 3 aromatic heterocycles. The molecule has 0 unspecified atom stereocenters. The average molecular weight is 1770 g/mol. The largest absolute Gasteiger partial charge is 0.456 e. The Kier molecular flexibility index (Phi) is 23.2. The lowest BCUT2D eigenvalue weighted by Crippen LogP contribution is -2.09. The van der Waals surface area contributed by atoms with Gasteiger partial charge in [0, 0.05) is 83.5 Å². The van der Waals surface area contributed by atoms with Crippen molar-refractivity contribution in [3.05, 3.63) is 552 Å². The second-order valence-corrected chi connectivity index (χ2v) is 34.6. The molecule has 0 aliphatic rings. The van der Waals surface area contributed by atoms with Gasteiger partial charge >= 0.3 is 0 Å². The molecule has 0 N–H and O–H groups in total. The van der Waals surface area contributed by atoms with Crippen molar-refractivity contribution in [1.29, 1.82) is 0 Å². The van der Waals surface area contributed by atoms with Gasteiger partial charge in [-0.15, -0.1) is 0 Å². The Bertz CT molecular complexity index is 8350. The molecule has 0 amide bonds. The highest BCUT2D eigenvalue weighted by Gasteiger charge is 2.21. The highest BCUT2D eigenvalue weighted by Crippen LogP contribution is 2.45. The van der Waals surface area contributed by atoms with Crippen LogP contribution < -0.4 is 14.7 Å². The summed E-state index contributed by atoms with van der Waals surface area (Å²) in [4.78, 5) is 6.94. The van der Waals surface area contributed by atoms with Crippen LogP contribution in [0.25, 0.3) is 177 Å². The first-order valence-corrected chi connectivity index (χ1v) is 46.9. The fourth-order valence-corrected chi connectivity index (χ4v) is 19.0. The smallest absolute Gasteiger partial charge is 0.136 e. The summed E-state index contributed by atoms with van der Waals surface area (Å²) in [6, 6.07) is 195. The van der Waals surface area contributed by atoms with E-state index in [0.29, 0.717) is 0 Å².